The topological polar surface area (TPSA) is 39.4 Å². The molecule has 3 heterocycles. The summed E-state index contributed by atoms with van der Waals surface area (Å²) in [4.78, 5) is 4.06. The van der Waals surface area contributed by atoms with E-state index in [1.807, 2.05) is 24.3 Å². The third-order valence-electron chi connectivity index (χ3n) is 4.04. The van der Waals surface area contributed by atoms with E-state index in [-0.39, 0.29) is 5.88 Å². The van der Waals surface area contributed by atoms with E-state index < -0.39 is 11.9 Å². The summed E-state index contributed by atoms with van der Waals surface area (Å²) < 4.78 is 45.6. The Bertz CT molecular complexity index is 1090. The number of benzene rings is 1. The van der Waals surface area contributed by atoms with Crippen molar-refractivity contribution in [1.29, 1.82) is 0 Å². The van der Waals surface area contributed by atoms with Crippen LogP contribution in [0, 0.1) is 0 Å². The Hall–Kier alpha value is -3.09. The lowest BCUT2D eigenvalue weighted by atomic mass is 10.0. The van der Waals surface area contributed by atoms with Crippen LogP contribution in [0.15, 0.2) is 54.9 Å². The van der Waals surface area contributed by atoms with Gasteiger partial charge >= 0.3 is 6.18 Å². The highest BCUT2D eigenvalue weighted by Crippen LogP contribution is 2.35. The molecule has 0 aliphatic rings. The second-order valence-corrected chi connectivity index (χ2v) is 5.55. The van der Waals surface area contributed by atoms with E-state index in [4.69, 9.17) is 4.74 Å². The van der Waals surface area contributed by atoms with Crippen molar-refractivity contribution in [2.45, 2.75) is 6.18 Å². The molecule has 3 aromatic heterocycles. The zero-order chi connectivity index (χ0) is 17.6. The molecule has 0 saturated heterocycles. The summed E-state index contributed by atoms with van der Waals surface area (Å²) in [7, 11) is 1.40. The van der Waals surface area contributed by atoms with E-state index in [9.17, 15) is 13.2 Å². The Morgan fingerprint density at radius 2 is 1.84 bits per heavy atom. The molecule has 126 valence electrons. The van der Waals surface area contributed by atoms with Gasteiger partial charge in [0.25, 0.3) is 0 Å². The highest BCUT2D eigenvalue weighted by atomic mass is 19.4. The van der Waals surface area contributed by atoms with Crippen LogP contribution in [0.4, 0.5) is 13.2 Å². The van der Waals surface area contributed by atoms with Gasteiger partial charge in [-0.15, -0.1) is 0 Å². The minimum absolute atomic E-state index is 0.235. The summed E-state index contributed by atoms with van der Waals surface area (Å²) in [5.41, 5.74) is 0.811. The van der Waals surface area contributed by atoms with Gasteiger partial charge in [0.2, 0.25) is 5.88 Å². The first-order valence-corrected chi connectivity index (χ1v) is 7.45. The van der Waals surface area contributed by atoms with E-state index in [0.717, 1.165) is 22.4 Å². The van der Waals surface area contributed by atoms with Gasteiger partial charge in [-0.05, 0) is 35.2 Å². The Kier molecular flexibility index (Phi) is 3.38. The minimum Gasteiger partial charge on any atom is -0.481 e. The van der Waals surface area contributed by atoms with Crippen molar-refractivity contribution in [3.05, 3.63) is 60.6 Å². The van der Waals surface area contributed by atoms with Gasteiger partial charge in [0.05, 0.1) is 12.6 Å². The maximum absolute atomic E-state index is 13.1. The number of ether oxygens (including phenoxy) is 1. The molecule has 0 amide bonds. The second-order valence-electron chi connectivity index (χ2n) is 5.55. The van der Waals surface area contributed by atoms with Crippen LogP contribution in [0.25, 0.3) is 27.4 Å². The van der Waals surface area contributed by atoms with Crippen molar-refractivity contribution in [2.75, 3.05) is 7.11 Å². The zero-order valence-electron chi connectivity index (χ0n) is 13.1. The maximum Gasteiger partial charge on any atom is 0.435 e. The van der Waals surface area contributed by atoms with Crippen molar-refractivity contribution in [1.82, 2.24) is 14.6 Å². The lowest BCUT2D eigenvalue weighted by Crippen LogP contribution is -2.06. The Morgan fingerprint density at radius 3 is 2.60 bits per heavy atom. The molecule has 1 aromatic carbocycles. The predicted octanol–water partition coefficient (Wildman–Crippen LogP) is 4.58. The van der Waals surface area contributed by atoms with Gasteiger partial charge in [-0.25, -0.2) is 0 Å². The molecule has 4 aromatic rings. The molecule has 0 fully saturated rings. The fourth-order valence-corrected chi connectivity index (χ4v) is 2.84. The van der Waals surface area contributed by atoms with Crippen molar-refractivity contribution in [3.8, 4) is 17.0 Å². The van der Waals surface area contributed by atoms with Crippen LogP contribution < -0.4 is 4.74 Å². The molecule has 0 aliphatic heterocycles. The maximum atomic E-state index is 13.1. The van der Waals surface area contributed by atoms with Crippen molar-refractivity contribution >= 4 is 16.3 Å². The summed E-state index contributed by atoms with van der Waals surface area (Å²) >= 11 is 0. The van der Waals surface area contributed by atoms with Gasteiger partial charge in [-0.3, -0.25) is 4.98 Å². The molecule has 25 heavy (non-hydrogen) atoms. The van der Waals surface area contributed by atoms with Crippen LogP contribution in [0.5, 0.6) is 5.88 Å². The number of fused-ring (bicyclic) bond motifs is 2. The molecule has 0 unspecified atom stereocenters. The zero-order valence-corrected chi connectivity index (χ0v) is 13.1. The second kappa shape index (κ2) is 5.47. The van der Waals surface area contributed by atoms with E-state index in [1.165, 1.54) is 11.6 Å². The molecular weight excluding hydrogens is 331 g/mol. The van der Waals surface area contributed by atoms with Gasteiger partial charge in [0.1, 0.15) is 0 Å². The standard InChI is InChI=1S/C18H12F3N3O/c1-25-17-5-4-14(15-9-16(18(19,20)21)23-24(15)17)12-2-3-13-10-22-7-6-11(13)8-12/h2-10H,1H3. The third-order valence-corrected chi connectivity index (χ3v) is 4.04. The van der Waals surface area contributed by atoms with E-state index >= 15 is 0 Å². The van der Waals surface area contributed by atoms with Crippen molar-refractivity contribution < 1.29 is 17.9 Å². The first kappa shape index (κ1) is 15.4. The first-order valence-electron chi connectivity index (χ1n) is 7.45. The molecule has 0 radical (unpaired) electrons. The smallest absolute Gasteiger partial charge is 0.435 e. The van der Waals surface area contributed by atoms with Gasteiger partial charge < -0.3 is 4.74 Å². The number of methoxy groups -OCH3 is 1. The van der Waals surface area contributed by atoms with Crippen molar-refractivity contribution in [3.63, 3.8) is 0 Å². The normalized spacial score (nSPS) is 12.0. The summed E-state index contributed by atoms with van der Waals surface area (Å²) in [6.45, 7) is 0. The monoisotopic (exact) mass is 343 g/mol. The molecule has 4 nitrogen and oxygen atoms in total. The number of hydrogen-bond acceptors (Lipinski definition) is 3. The molecule has 0 N–H and O–H groups in total. The molecule has 0 atom stereocenters. The number of hydrogen-bond donors (Lipinski definition) is 0. The number of aromatic nitrogens is 3. The van der Waals surface area contributed by atoms with Crippen LogP contribution in [-0.2, 0) is 6.18 Å². The summed E-state index contributed by atoms with van der Waals surface area (Å²) in [6, 6.07) is 11.9. The molecule has 4 rings (SSSR count). The first-order chi connectivity index (χ1) is 12.0. The van der Waals surface area contributed by atoms with Gasteiger partial charge in [0, 0.05) is 29.4 Å². The average molecular weight is 343 g/mol. The average Bonchev–Trinajstić information content (AvgIpc) is 3.06. The highest BCUT2D eigenvalue weighted by molar-refractivity contribution is 5.90. The Balaban J connectivity index is 1.98. The number of nitrogens with zero attached hydrogens (tertiary/aromatic N) is 3. The van der Waals surface area contributed by atoms with E-state index in [2.05, 4.69) is 10.1 Å². The van der Waals surface area contributed by atoms with Crippen LogP contribution in [0.3, 0.4) is 0 Å². The molecule has 0 aliphatic carbocycles. The third kappa shape index (κ3) is 2.57. The van der Waals surface area contributed by atoms with Crippen LogP contribution in [-0.4, -0.2) is 21.7 Å². The number of alkyl halides is 3. The lowest BCUT2D eigenvalue weighted by molar-refractivity contribution is -0.141. The molecule has 0 bridgehead atoms. The summed E-state index contributed by atoms with van der Waals surface area (Å²) in [5, 5.41) is 5.57. The van der Waals surface area contributed by atoms with Gasteiger partial charge in [-0.2, -0.15) is 22.8 Å². The Morgan fingerprint density at radius 1 is 1.00 bits per heavy atom. The fourth-order valence-electron chi connectivity index (χ4n) is 2.84. The SMILES string of the molecule is COc1ccc(-c2ccc3cnccc3c2)c2cc(C(F)(F)F)nn12. The largest absolute Gasteiger partial charge is 0.481 e. The number of halogens is 3. The predicted molar refractivity (Wildman–Crippen MR) is 87.5 cm³/mol. The highest BCUT2D eigenvalue weighted by Gasteiger charge is 2.34. The van der Waals surface area contributed by atoms with Crippen LogP contribution in [0.2, 0.25) is 0 Å². The number of pyridine rings is 2. The molecule has 7 heteroatoms. The summed E-state index contributed by atoms with van der Waals surface area (Å²) in [5.74, 6) is 0.235. The summed E-state index contributed by atoms with van der Waals surface area (Å²) in [6.07, 6.45) is -1.11. The van der Waals surface area contributed by atoms with Gasteiger partial charge in [-0.1, -0.05) is 12.1 Å². The molecular formula is C18H12F3N3O. The van der Waals surface area contributed by atoms with Gasteiger partial charge in [0.15, 0.2) is 5.69 Å². The minimum atomic E-state index is -4.52. The van der Waals surface area contributed by atoms with Crippen molar-refractivity contribution in [2.24, 2.45) is 0 Å². The quantitative estimate of drug-likeness (QED) is 0.535. The lowest BCUT2D eigenvalue weighted by Gasteiger charge is -2.09. The fraction of sp³-hybridized carbons (Fsp3) is 0.111. The molecule has 0 spiro atoms. The van der Waals surface area contributed by atoms with E-state index in [1.54, 1.807) is 24.5 Å². The van der Waals surface area contributed by atoms with Crippen LogP contribution in [0.1, 0.15) is 5.69 Å². The van der Waals surface area contributed by atoms with Crippen LogP contribution >= 0.6 is 0 Å². The molecule has 0 saturated carbocycles. The number of rotatable bonds is 2. The Labute approximate surface area is 140 Å². The van der Waals surface area contributed by atoms with E-state index in [0.29, 0.717) is 11.1 Å².